The van der Waals surface area contributed by atoms with E-state index in [0.717, 1.165) is 4.88 Å². The van der Waals surface area contributed by atoms with Crippen LogP contribution < -0.4 is 0 Å². The van der Waals surface area contributed by atoms with E-state index in [-0.39, 0.29) is 30.3 Å². The Hall–Kier alpha value is -3.00. The number of amides is 1. The number of benzene rings is 1. The SMILES string of the molecule is Cc1oc(-c2cccs2)nc1CC(=O)N1CCN(S(=O)(=O)c2ccc(C#N)cc2)CC1. The van der Waals surface area contributed by atoms with Gasteiger partial charge in [0, 0.05) is 26.2 Å². The van der Waals surface area contributed by atoms with Gasteiger partial charge in [0.1, 0.15) is 5.76 Å². The Bertz CT molecular complexity index is 1220. The number of nitriles is 1. The number of aromatic nitrogens is 1. The molecule has 1 fully saturated rings. The standard InChI is InChI=1S/C21H20N4O4S2/c1-15-18(23-21(29-15)19-3-2-12-30-19)13-20(26)24-8-10-25(11-9-24)31(27,28)17-6-4-16(14-22)5-7-17/h2-7,12H,8-11,13H2,1H3. The number of rotatable bonds is 5. The van der Waals surface area contributed by atoms with Gasteiger partial charge in [0.05, 0.1) is 33.5 Å². The number of hydrogen-bond acceptors (Lipinski definition) is 7. The van der Waals surface area contributed by atoms with Crippen LogP contribution in [0.15, 0.2) is 51.1 Å². The Morgan fingerprint density at radius 2 is 1.90 bits per heavy atom. The lowest BCUT2D eigenvalue weighted by molar-refractivity contribution is -0.131. The molecule has 4 rings (SSSR count). The number of hydrogen-bond donors (Lipinski definition) is 0. The molecule has 0 N–H and O–H groups in total. The Morgan fingerprint density at radius 3 is 2.52 bits per heavy atom. The zero-order valence-corrected chi connectivity index (χ0v) is 18.4. The zero-order valence-electron chi connectivity index (χ0n) is 16.8. The summed E-state index contributed by atoms with van der Waals surface area (Å²) in [6.45, 7) is 2.83. The van der Waals surface area contributed by atoms with Gasteiger partial charge in [-0.15, -0.1) is 11.3 Å². The van der Waals surface area contributed by atoms with Crippen molar-refractivity contribution in [1.82, 2.24) is 14.2 Å². The molecule has 0 aliphatic carbocycles. The van der Waals surface area contributed by atoms with Crippen molar-refractivity contribution in [3.8, 4) is 16.8 Å². The maximum atomic E-state index is 12.8. The van der Waals surface area contributed by atoms with E-state index in [0.29, 0.717) is 36.0 Å². The van der Waals surface area contributed by atoms with E-state index < -0.39 is 10.0 Å². The third-order valence-electron chi connectivity index (χ3n) is 5.16. The van der Waals surface area contributed by atoms with Gasteiger partial charge in [-0.1, -0.05) is 6.07 Å². The van der Waals surface area contributed by atoms with E-state index in [1.54, 1.807) is 11.8 Å². The average molecular weight is 457 g/mol. The highest BCUT2D eigenvalue weighted by atomic mass is 32.2. The van der Waals surface area contributed by atoms with Gasteiger partial charge >= 0.3 is 0 Å². The molecule has 3 aromatic rings. The predicted molar refractivity (Wildman–Crippen MR) is 115 cm³/mol. The summed E-state index contributed by atoms with van der Waals surface area (Å²) in [5.74, 6) is 1.01. The van der Waals surface area contributed by atoms with Gasteiger partial charge < -0.3 is 9.32 Å². The zero-order chi connectivity index (χ0) is 22.0. The molecule has 0 atom stereocenters. The third-order valence-corrected chi connectivity index (χ3v) is 7.93. The second kappa shape index (κ2) is 8.63. The fourth-order valence-corrected chi connectivity index (χ4v) is 5.45. The summed E-state index contributed by atoms with van der Waals surface area (Å²) in [6.07, 6.45) is 0.114. The summed E-state index contributed by atoms with van der Waals surface area (Å²) < 4.78 is 32.7. The molecule has 0 bridgehead atoms. The Labute approximate surface area is 184 Å². The van der Waals surface area contributed by atoms with Crippen LogP contribution in [0.5, 0.6) is 0 Å². The lowest BCUT2D eigenvalue weighted by Crippen LogP contribution is -2.50. The Kier molecular flexibility index (Phi) is 5.91. The number of aryl methyl sites for hydroxylation is 1. The highest BCUT2D eigenvalue weighted by Gasteiger charge is 2.30. The molecule has 1 aromatic carbocycles. The Morgan fingerprint density at radius 1 is 1.19 bits per heavy atom. The highest BCUT2D eigenvalue weighted by molar-refractivity contribution is 7.89. The van der Waals surface area contributed by atoms with Crippen molar-refractivity contribution in [3.63, 3.8) is 0 Å². The van der Waals surface area contributed by atoms with E-state index >= 15 is 0 Å². The second-order valence-electron chi connectivity index (χ2n) is 7.10. The molecular formula is C21H20N4O4S2. The fourth-order valence-electron chi connectivity index (χ4n) is 3.38. The minimum absolute atomic E-state index is 0.107. The predicted octanol–water partition coefficient (Wildman–Crippen LogP) is 2.66. The largest absolute Gasteiger partial charge is 0.440 e. The molecule has 10 heteroatoms. The lowest BCUT2D eigenvalue weighted by Gasteiger charge is -2.34. The molecule has 0 unspecified atom stereocenters. The van der Waals surface area contributed by atoms with Crippen LogP contribution in [0.4, 0.5) is 0 Å². The van der Waals surface area contributed by atoms with Crippen molar-refractivity contribution in [2.24, 2.45) is 0 Å². The molecule has 1 aliphatic rings. The number of piperazine rings is 1. The first kappa shape index (κ1) is 21.2. The number of oxazole rings is 1. The number of carbonyl (C=O) groups is 1. The monoisotopic (exact) mass is 456 g/mol. The molecular weight excluding hydrogens is 436 g/mol. The van der Waals surface area contributed by atoms with Gasteiger partial charge in [-0.3, -0.25) is 4.79 Å². The van der Waals surface area contributed by atoms with Crippen LogP contribution in [0.1, 0.15) is 17.0 Å². The van der Waals surface area contributed by atoms with Crippen LogP contribution in [-0.4, -0.2) is 54.7 Å². The summed E-state index contributed by atoms with van der Waals surface area (Å²) in [5, 5.41) is 10.8. The molecule has 0 saturated carbocycles. The summed E-state index contributed by atoms with van der Waals surface area (Å²) in [5.41, 5.74) is 1.00. The number of sulfonamides is 1. The summed E-state index contributed by atoms with van der Waals surface area (Å²) in [4.78, 5) is 19.9. The van der Waals surface area contributed by atoms with Crippen molar-refractivity contribution in [3.05, 3.63) is 58.8 Å². The maximum absolute atomic E-state index is 12.8. The second-order valence-corrected chi connectivity index (χ2v) is 9.98. The molecule has 3 heterocycles. The quantitative estimate of drug-likeness (QED) is 0.584. The molecule has 31 heavy (non-hydrogen) atoms. The van der Waals surface area contributed by atoms with Crippen LogP contribution in [0.25, 0.3) is 10.8 Å². The van der Waals surface area contributed by atoms with Gasteiger partial charge in [0.2, 0.25) is 21.8 Å². The minimum Gasteiger partial charge on any atom is -0.440 e. The van der Waals surface area contributed by atoms with Crippen molar-refractivity contribution in [2.45, 2.75) is 18.2 Å². The molecule has 8 nitrogen and oxygen atoms in total. The van der Waals surface area contributed by atoms with E-state index in [2.05, 4.69) is 4.98 Å². The third kappa shape index (κ3) is 4.39. The van der Waals surface area contributed by atoms with Gasteiger partial charge in [-0.25, -0.2) is 13.4 Å². The molecule has 1 aliphatic heterocycles. The van der Waals surface area contributed by atoms with Gasteiger partial charge in [0.25, 0.3) is 0 Å². The maximum Gasteiger partial charge on any atom is 0.243 e. The van der Waals surface area contributed by atoms with Crippen molar-refractivity contribution in [2.75, 3.05) is 26.2 Å². The van der Waals surface area contributed by atoms with E-state index in [1.165, 1.54) is 39.9 Å². The molecule has 160 valence electrons. The highest BCUT2D eigenvalue weighted by Crippen LogP contribution is 2.26. The summed E-state index contributed by atoms with van der Waals surface area (Å²) in [6, 6.07) is 11.6. The minimum atomic E-state index is -3.66. The summed E-state index contributed by atoms with van der Waals surface area (Å²) in [7, 11) is -3.66. The van der Waals surface area contributed by atoms with Crippen molar-refractivity contribution < 1.29 is 17.6 Å². The molecule has 0 spiro atoms. The average Bonchev–Trinajstić information content (AvgIpc) is 3.44. The number of carbonyl (C=O) groups excluding carboxylic acids is 1. The van der Waals surface area contributed by atoms with Crippen LogP contribution >= 0.6 is 11.3 Å². The smallest absolute Gasteiger partial charge is 0.243 e. The van der Waals surface area contributed by atoms with E-state index in [1.807, 2.05) is 23.6 Å². The first-order chi connectivity index (χ1) is 14.9. The first-order valence-electron chi connectivity index (χ1n) is 9.67. The fraction of sp³-hybridized carbons (Fsp3) is 0.286. The number of thiophene rings is 1. The van der Waals surface area contributed by atoms with Crippen molar-refractivity contribution >= 4 is 27.3 Å². The molecule has 1 saturated heterocycles. The van der Waals surface area contributed by atoms with Crippen LogP contribution in [0.3, 0.4) is 0 Å². The number of nitrogens with zero attached hydrogens (tertiary/aromatic N) is 4. The van der Waals surface area contributed by atoms with E-state index in [4.69, 9.17) is 9.68 Å². The first-order valence-corrected chi connectivity index (χ1v) is 12.0. The lowest BCUT2D eigenvalue weighted by atomic mass is 10.2. The van der Waals surface area contributed by atoms with Gasteiger partial charge in [-0.05, 0) is 42.6 Å². The molecule has 1 amide bonds. The molecule has 0 radical (unpaired) electrons. The van der Waals surface area contributed by atoms with Crippen LogP contribution in [-0.2, 0) is 21.2 Å². The van der Waals surface area contributed by atoms with Crippen molar-refractivity contribution in [1.29, 1.82) is 5.26 Å². The molecule has 2 aromatic heterocycles. The normalized spacial score (nSPS) is 15.0. The Balaban J connectivity index is 1.38. The topological polar surface area (TPSA) is 108 Å². The van der Waals surface area contributed by atoms with Gasteiger partial charge in [0.15, 0.2) is 0 Å². The van der Waals surface area contributed by atoms with Crippen LogP contribution in [0, 0.1) is 18.3 Å². The van der Waals surface area contributed by atoms with Crippen LogP contribution in [0.2, 0.25) is 0 Å². The summed E-state index contributed by atoms with van der Waals surface area (Å²) >= 11 is 1.52. The van der Waals surface area contributed by atoms with E-state index in [9.17, 15) is 13.2 Å². The van der Waals surface area contributed by atoms with Gasteiger partial charge in [-0.2, -0.15) is 9.57 Å².